The molecule has 1 aliphatic carbocycles. The van der Waals surface area contributed by atoms with E-state index in [0.717, 1.165) is 6.42 Å². The summed E-state index contributed by atoms with van der Waals surface area (Å²) in [6, 6.07) is -2.39. The highest BCUT2D eigenvalue weighted by Crippen LogP contribution is 2.43. The van der Waals surface area contributed by atoms with Crippen LogP contribution in [0.3, 0.4) is 0 Å². The molecule has 36 heavy (non-hydrogen) atoms. The van der Waals surface area contributed by atoms with Crippen molar-refractivity contribution < 1.29 is 31.2 Å². The lowest BCUT2D eigenvalue weighted by Crippen LogP contribution is -2.50. The highest BCUT2D eigenvalue weighted by molar-refractivity contribution is 7.89. The van der Waals surface area contributed by atoms with Crippen LogP contribution in [0, 0.1) is 17.8 Å². The third kappa shape index (κ3) is 5.68. The van der Waals surface area contributed by atoms with Gasteiger partial charge in [0.2, 0.25) is 21.8 Å². The number of hydrazine groups is 1. The number of amides is 2. The molecule has 0 aromatic heterocycles. The van der Waals surface area contributed by atoms with Crippen molar-refractivity contribution in [3.05, 3.63) is 0 Å². The van der Waals surface area contributed by atoms with E-state index in [4.69, 9.17) is 0 Å². The Morgan fingerprint density at radius 3 is 2.11 bits per heavy atom. The van der Waals surface area contributed by atoms with Gasteiger partial charge in [0.1, 0.15) is 6.04 Å². The van der Waals surface area contributed by atoms with Gasteiger partial charge in [-0.3, -0.25) is 9.59 Å². The number of carbonyl (C=O) groups excluding carboxylic acids is 2. The number of nitrogens with zero attached hydrogens (tertiary/aromatic N) is 2. The van der Waals surface area contributed by atoms with Crippen molar-refractivity contribution in [1.82, 2.24) is 25.4 Å². The van der Waals surface area contributed by atoms with Crippen LogP contribution in [0.1, 0.15) is 58.3 Å². The zero-order chi connectivity index (χ0) is 26.3. The summed E-state index contributed by atoms with van der Waals surface area (Å²) in [7, 11) is -2.07. The number of sulfonamides is 1. The zero-order valence-electron chi connectivity index (χ0n) is 20.9. The maximum absolute atomic E-state index is 13.6. The van der Waals surface area contributed by atoms with Gasteiger partial charge in [0.15, 0.2) is 0 Å². The molecule has 0 radical (unpaired) electrons. The molecule has 9 nitrogen and oxygen atoms in total. The minimum Gasteiger partial charge on any atom is -0.359 e. The first-order valence-electron chi connectivity index (χ1n) is 13.0. The smallest absolute Gasteiger partial charge is 0.359 e. The van der Waals surface area contributed by atoms with Crippen LogP contribution < -0.4 is 16.1 Å². The quantitative estimate of drug-likeness (QED) is 0.489. The molecule has 4 aliphatic rings. The Morgan fingerprint density at radius 2 is 1.56 bits per heavy atom. The first-order valence-corrected chi connectivity index (χ1v) is 14.5. The summed E-state index contributed by atoms with van der Waals surface area (Å²) >= 11 is 0. The van der Waals surface area contributed by atoms with Gasteiger partial charge in [0.05, 0.1) is 11.2 Å². The molecule has 3 heterocycles. The Balaban J connectivity index is 1.33. The number of fused-ring (bicyclic) bond motifs is 1. The number of carbonyl (C=O) groups is 2. The molecule has 0 bridgehead atoms. The van der Waals surface area contributed by atoms with Gasteiger partial charge < -0.3 is 10.6 Å². The van der Waals surface area contributed by atoms with Gasteiger partial charge in [0, 0.05) is 45.7 Å². The van der Waals surface area contributed by atoms with Gasteiger partial charge in [-0.25, -0.2) is 23.2 Å². The number of halogens is 3. The minimum atomic E-state index is -4.52. The predicted octanol–water partition coefficient (Wildman–Crippen LogP) is 1.37. The molecule has 1 saturated carbocycles. The Bertz CT molecular complexity index is 917. The van der Waals surface area contributed by atoms with E-state index < -0.39 is 45.4 Å². The zero-order valence-corrected chi connectivity index (χ0v) is 21.7. The molecular formula is C23H38F3N5O4S. The van der Waals surface area contributed by atoms with Gasteiger partial charge in [0.25, 0.3) is 0 Å². The van der Waals surface area contributed by atoms with E-state index in [0.29, 0.717) is 64.6 Å². The number of piperidine rings is 2. The number of alkyl halides is 3. The van der Waals surface area contributed by atoms with Crippen LogP contribution in [0.4, 0.5) is 13.2 Å². The van der Waals surface area contributed by atoms with Crippen molar-refractivity contribution >= 4 is 21.8 Å². The fraction of sp³-hybridized carbons (Fsp3) is 0.913. The summed E-state index contributed by atoms with van der Waals surface area (Å²) in [6.45, 7) is 2.75. The third-order valence-corrected chi connectivity index (χ3v) is 11.1. The van der Waals surface area contributed by atoms with Crippen LogP contribution in [0.2, 0.25) is 0 Å². The standard InChI is InChI=1S/C23H38F3N5O4S/c1-14(32)28-17-3-5-18(6-4-17)36(34,35)30-10-7-15(8-11-30)16-9-12-31-19(13-16)20(22(33)27-2)21(29-31)23(24,25)26/h15-21,29H,3-13H2,1-2H3,(H,27,33)(H,28,32). The van der Waals surface area contributed by atoms with Gasteiger partial charge in [-0.2, -0.15) is 13.2 Å². The lowest BCUT2D eigenvalue weighted by atomic mass is 9.74. The Hall–Kier alpha value is -1.44. The third-order valence-electron chi connectivity index (χ3n) is 8.69. The van der Waals surface area contributed by atoms with Crippen molar-refractivity contribution in [2.24, 2.45) is 17.8 Å². The molecule has 3 N–H and O–H groups in total. The normalized spacial score (nSPS) is 35.2. The number of hydrogen-bond acceptors (Lipinski definition) is 6. The van der Waals surface area contributed by atoms with Crippen molar-refractivity contribution in [1.29, 1.82) is 0 Å². The molecule has 0 aromatic carbocycles. The molecule has 3 aliphatic heterocycles. The minimum absolute atomic E-state index is 0.0335. The molecule has 0 spiro atoms. The molecule has 0 aromatic rings. The van der Waals surface area contributed by atoms with Crippen LogP contribution in [0.5, 0.6) is 0 Å². The van der Waals surface area contributed by atoms with E-state index in [1.807, 2.05) is 0 Å². The highest BCUT2D eigenvalue weighted by Gasteiger charge is 2.58. The van der Waals surface area contributed by atoms with Crippen LogP contribution in [-0.2, 0) is 19.6 Å². The molecule has 206 valence electrons. The van der Waals surface area contributed by atoms with Gasteiger partial charge in [-0.05, 0) is 63.2 Å². The van der Waals surface area contributed by atoms with Crippen LogP contribution in [0.15, 0.2) is 0 Å². The molecule has 4 unspecified atom stereocenters. The highest BCUT2D eigenvalue weighted by atomic mass is 32.2. The fourth-order valence-electron chi connectivity index (χ4n) is 6.81. The van der Waals surface area contributed by atoms with Gasteiger partial charge in [-0.15, -0.1) is 0 Å². The molecule has 4 rings (SSSR count). The van der Waals surface area contributed by atoms with Crippen molar-refractivity contribution in [2.45, 2.75) is 87.8 Å². The van der Waals surface area contributed by atoms with Crippen LogP contribution >= 0.6 is 0 Å². The number of hydrogen-bond donors (Lipinski definition) is 3. The average Bonchev–Trinajstić information content (AvgIpc) is 3.23. The van der Waals surface area contributed by atoms with E-state index in [9.17, 15) is 31.2 Å². The molecule has 2 amide bonds. The Labute approximate surface area is 210 Å². The molecule has 4 fully saturated rings. The van der Waals surface area contributed by atoms with E-state index in [1.165, 1.54) is 14.0 Å². The first kappa shape index (κ1) is 27.6. The van der Waals surface area contributed by atoms with Crippen molar-refractivity contribution in [3.63, 3.8) is 0 Å². The van der Waals surface area contributed by atoms with Gasteiger partial charge >= 0.3 is 6.18 Å². The second-order valence-corrected chi connectivity index (χ2v) is 13.0. The summed E-state index contributed by atoms with van der Waals surface area (Å²) in [6.07, 6.45) is 0.408. The van der Waals surface area contributed by atoms with E-state index in [2.05, 4.69) is 16.1 Å². The monoisotopic (exact) mass is 537 g/mol. The Morgan fingerprint density at radius 1 is 0.944 bits per heavy atom. The summed E-state index contributed by atoms with van der Waals surface area (Å²) < 4.78 is 69.0. The first-order chi connectivity index (χ1) is 16.9. The summed E-state index contributed by atoms with van der Waals surface area (Å²) in [5, 5.41) is 6.43. The van der Waals surface area contributed by atoms with Gasteiger partial charge in [-0.1, -0.05) is 0 Å². The predicted molar refractivity (Wildman–Crippen MR) is 127 cm³/mol. The Kier molecular flexibility index (Phi) is 8.23. The molecule has 4 atom stereocenters. The average molecular weight is 538 g/mol. The van der Waals surface area contributed by atoms with E-state index in [1.54, 1.807) is 9.31 Å². The lowest BCUT2D eigenvalue weighted by molar-refractivity contribution is -0.169. The second kappa shape index (κ2) is 10.7. The maximum atomic E-state index is 13.6. The number of nitrogens with one attached hydrogen (secondary N) is 3. The van der Waals surface area contributed by atoms with Crippen molar-refractivity contribution in [2.75, 3.05) is 26.7 Å². The van der Waals surface area contributed by atoms with E-state index >= 15 is 0 Å². The summed E-state index contributed by atoms with van der Waals surface area (Å²) in [4.78, 5) is 23.7. The topological polar surface area (TPSA) is 111 Å². The lowest BCUT2D eigenvalue weighted by Gasteiger charge is -2.42. The second-order valence-electron chi connectivity index (χ2n) is 10.8. The molecule has 13 heteroatoms. The molecule has 3 saturated heterocycles. The SMILES string of the molecule is CNC(=O)C1C2CC(C3CCN(S(=O)(=O)C4CCC(NC(C)=O)CC4)CC3)CCN2NC1C(F)(F)F. The maximum Gasteiger partial charge on any atom is 0.406 e. The summed E-state index contributed by atoms with van der Waals surface area (Å²) in [5.74, 6) is -1.52. The van der Waals surface area contributed by atoms with E-state index in [-0.39, 0.29) is 23.8 Å². The molecular weight excluding hydrogens is 499 g/mol. The number of rotatable bonds is 5. The van der Waals surface area contributed by atoms with Crippen molar-refractivity contribution in [3.8, 4) is 0 Å². The van der Waals surface area contributed by atoms with Crippen LogP contribution in [0.25, 0.3) is 0 Å². The van der Waals surface area contributed by atoms with Crippen LogP contribution in [-0.4, -0.2) is 85.8 Å². The largest absolute Gasteiger partial charge is 0.406 e. The summed E-state index contributed by atoms with van der Waals surface area (Å²) in [5.41, 5.74) is 2.54. The fourth-order valence-corrected chi connectivity index (χ4v) is 8.82.